The van der Waals surface area contributed by atoms with E-state index in [1.165, 1.54) is 6.07 Å². The highest BCUT2D eigenvalue weighted by Crippen LogP contribution is 2.48. The third-order valence-corrected chi connectivity index (χ3v) is 5.47. The molecule has 2 heterocycles. The quantitative estimate of drug-likeness (QED) is 0.588. The number of hydrogen-bond donors (Lipinski definition) is 3. The zero-order valence-electron chi connectivity index (χ0n) is 18.0. The van der Waals surface area contributed by atoms with Crippen LogP contribution in [0.4, 0.5) is 0 Å². The molecular weight excluding hydrogens is 396 g/mol. The Morgan fingerprint density at radius 2 is 1.94 bits per heavy atom. The Morgan fingerprint density at radius 3 is 2.65 bits per heavy atom. The first kappa shape index (κ1) is 20.8. The molecule has 2 aliphatic rings. The number of carbonyl (C=O) groups is 1. The van der Waals surface area contributed by atoms with Crippen LogP contribution >= 0.6 is 0 Å². The van der Waals surface area contributed by atoms with Crippen molar-refractivity contribution in [3.8, 4) is 28.7 Å². The molecule has 0 amide bonds. The highest BCUT2D eigenvalue weighted by molar-refractivity contribution is 6.02. The Labute approximate surface area is 181 Å². The third-order valence-electron chi connectivity index (χ3n) is 5.47. The lowest BCUT2D eigenvalue weighted by Crippen LogP contribution is -2.28. The van der Waals surface area contributed by atoms with Gasteiger partial charge in [-0.1, -0.05) is 11.6 Å². The zero-order chi connectivity index (χ0) is 22.5. The summed E-state index contributed by atoms with van der Waals surface area (Å²) in [5.74, 6) is -0.148. The van der Waals surface area contributed by atoms with Crippen LogP contribution in [0, 0.1) is 0 Å². The van der Waals surface area contributed by atoms with Crippen LogP contribution < -0.4 is 9.47 Å². The predicted octanol–water partition coefficient (Wildman–Crippen LogP) is 5.20. The molecule has 162 valence electrons. The second kappa shape index (κ2) is 7.38. The van der Waals surface area contributed by atoms with Gasteiger partial charge in [0.1, 0.15) is 46.0 Å². The van der Waals surface area contributed by atoms with Crippen molar-refractivity contribution < 1.29 is 29.6 Å². The maximum atomic E-state index is 12.7. The molecule has 0 unspecified atom stereocenters. The number of phenols is 3. The molecule has 2 aromatic carbocycles. The number of aromatic hydroxyl groups is 3. The van der Waals surface area contributed by atoms with E-state index in [1.54, 1.807) is 0 Å². The van der Waals surface area contributed by atoms with E-state index in [1.807, 2.05) is 45.9 Å². The van der Waals surface area contributed by atoms with Gasteiger partial charge in [0.2, 0.25) is 0 Å². The normalized spacial score (nSPS) is 18.5. The van der Waals surface area contributed by atoms with Gasteiger partial charge in [-0.25, -0.2) is 0 Å². The summed E-state index contributed by atoms with van der Waals surface area (Å²) in [7, 11) is 0. The standard InChI is InChI=1S/C25H26O6/c1-13(2)5-6-14-9-17(23(29)16-7-8-25(3,4)31-24(14)16)20-12-19(28)22-18(27)10-15(26)11-21(22)30-20/h5,7-11,20,26-27,29H,6,12H2,1-4H3/t20-/m0/s1. The highest BCUT2D eigenvalue weighted by Gasteiger charge is 2.35. The maximum Gasteiger partial charge on any atom is 0.174 e. The molecule has 3 N–H and O–H groups in total. The molecule has 0 aromatic heterocycles. The molecule has 2 aliphatic heterocycles. The van der Waals surface area contributed by atoms with E-state index in [0.717, 1.165) is 17.2 Å². The number of phenolic OH excluding ortho intramolecular Hbond substituents is 3. The monoisotopic (exact) mass is 422 g/mol. The van der Waals surface area contributed by atoms with Crippen molar-refractivity contribution in [2.75, 3.05) is 0 Å². The number of rotatable bonds is 3. The summed E-state index contributed by atoms with van der Waals surface area (Å²) < 4.78 is 12.1. The number of carbonyl (C=O) groups excluding carboxylic acids is 1. The van der Waals surface area contributed by atoms with Crippen molar-refractivity contribution in [3.05, 3.63) is 58.2 Å². The first-order valence-electron chi connectivity index (χ1n) is 10.2. The van der Waals surface area contributed by atoms with Gasteiger partial charge in [0.25, 0.3) is 0 Å². The van der Waals surface area contributed by atoms with Crippen LogP contribution in [-0.2, 0) is 6.42 Å². The van der Waals surface area contributed by atoms with Gasteiger partial charge in [-0.15, -0.1) is 0 Å². The molecule has 2 aromatic rings. The molecule has 0 bridgehead atoms. The fourth-order valence-electron chi connectivity index (χ4n) is 3.92. The van der Waals surface area contributed by atoms with Crippen LogP contribution in [0.3, 0.4) is 0 Å². The van der Waals surface area contributed by atoms with Gasteiger partial charge in [-0.05, 0) is 57.9 Å². The minimum absolute atomic E-state index is 0.00618. The second-order valence-corrected chi connectivity index (χ2v) is 8.81. The van der Waals surface area contributed by atoms with E-state index in [-0.39, 0.29) is 40.8 Å². The lowest BCUT2D eigenvalue weighted by atomic mass is 9.89. The lowest BCUT2D eigenvalue weighted by molar-refractivity contribution is 0.0841. The largest absolute Gasteiger partial charge is 0.508 e. The van der Waals surface area contributed by atoms with Gasteiger partial charge >= 0.3 is 0 Å². The molecule has 31 heavy (non-hydrogen) atoms. The number of Topliss-reactive ketones (excluding diaryl/α,β-unsaturated/α-hetero) is 1. The van der Waals surface area contributed by atoms with Gasteiger partial charge in [0.05, 0.1) is 12.0 Å². The van der Waals surface area contributed by atoms with Crippen molar-refractivity contribution >= 4 is 11.9 Å². The van der Waals surface area contributed by atoms with Crippen molar-refractivity contribution in [1.29, 1.82) is 0 Å². The SMILES string of the molecule is CC(C)=CCc1cc([C@@H]2CC(=O)c3c(O)cc(O)cc3O2)c(O)c2c1OC(C)(C)C=C2. The number of hydrogen-bond acceptors (Lipinski definition) is 6. The molecule has 0 saturated heterocycles. The fourth-order valence-corrected chi connectivity index (χ4v) is 3.92. The first-order chi connectivity index (χ1) is 14.6. The Kier molecular flexibility index (Phi) is 4.96. The minimum atomic E-state index is -0.764. The number of fused-ring (bicyclic) bond motifs is 2. The van der Waals surface area contributed by atoms with Crippen LogP contribution in [0.25, 0.3) is 6.08 Å². The smallest absolute Gasteiger partial charge is 0.174 e. The lowest BCUT2D eigenvalue weighted by Gasteiger charge is -2.32. The maximum absolute atomic E-state index is 12.7. The Bertz CT molecular complexity index is 1140. The number of ether oxygens (including phenoxy) is 2. The molecule has 6 heteroatoms. The highest BCUT2D eigenvalue weighted by atomic mass is 16.5. The molecule has 0 saturated carbocycles. The second-order valence-electron chi connectivity index (χ2n) is 8.81. The molecule has 0 radical (unpaired) electrons. The van der Waals surface area contributed by atoms with E-state index in [9.17, 15) is 20.1 Å². The molecule has 0 spiro atoms. The summed E-state index contributed by atoms with van der Waals surface area (Å²) in [5.41, 5.74) is 2.58. The van der Waals surface area contributed by atoms with Crippen LogP contribution in [0.15, 0.2) is 35.9 Å². The summed E-state index contributed by atoms with van der Waals surface area (Å²) >= 11 is 0. The predicted molar refractivity (Wildman–Crippen MR) is 117 cm³/mol. The summed E-state index contributed by atoms with van der Waals surface area (Å²) in [4.78, 5) is 12.7. The average Bonchev–Trinajstić information content (AvgIpc) is 2.65. The molecule has 4 rings (SSSR count). The number of ketones is 1. The minimum Gasteiger partial charge on any atom is -0.508 e. The van der Waals surface area contributed by atoms with Crippen LogP contribution in [0.2, 0.25) is 0 Å². The Hall–Kier alpha value is -3.41. The summed E-state index contributed by atoms with van der Waals surface area (Å²) in [6.07, 6.45) is 5.57. The van der Waals surface area contributed by atoms with E-state index in [0.29, 0.717) is 23.3 Å². The molecule has 0 aliphatic carbocycles. The van der Waals surface area contributed by atoms with Gasteiger partial charge in [-0.2, -0.15) is 0 Å². The van der Waals surface area contributed by atoms with E-state index >= 15 is 0 Å². The van der Waals surface area contributed by atoms with Crippen molar-refractivity contribution in [3.63, 3.8) is 0 Å². The zero-order valence-corrected chi connectivity index (χ0v) is 18.0. The Morgan fingerprint density at radius 1 is 1.19 bits per heavy atom. The van der Waals surface area contributed by atoms with Crippen molar-refractivity contribution in [1.82, 2.24) is 0 Å². The fraction of sp³-hybridized carbons (Fsp3) is 0.320. The third kappa shape index (κ3) is 3.85. The van der Waals surface area contributed by atoms with Gasteiger partial charge < -0.3 is 24.8 Å². The Balaban J connectivity index is 1.83. The number of allylic oxidation sites excluding steroid dienone is 2. The van der Waals surface area contributed by atoms with E-state index < -0.39 is 11.7 Å². The topological polar surface area (TPSA) is 96.2 Å². The van der Waals surface area contributed by atoms with Gasteiger partial charge in [0.15, 0.2) is 5.78 Å². The molecule has 1 atom stereocenters. The summed E-state index contributed by atoms with van der Waals surface area (Å²) in [6.45, 7) is 7.91. The van der Waals surface area contributed by atoms with Crippen LogP contribution in [0.5, 0.6) is 28.7 Å². The van der Waals surface area contributed by atoms with E-state index in [4.69, 9.17) is 9.47 Å². The van der Waals surface area contributed by atoms with Gasteiger partial charge in [-0.3, -0.25) is 4.79 Å². The summed E-state index contributed by atoms with van der Waals surface area (Å²) in [5, 5.41) is 30.9. The number of benzene rings is 2. The van der Waals surface area contributed by atoms with Gasteiger partial charge in [0, 0.05) is 17.7 Å². The molecule has 6 nitrogen and oxygen atoms in total. The molecular formula is C25H26O6. The summed E-state index contributed by atoms with van der Waals surface area (Å²) in [6, 6.07) is 4.22. The molecule has 0 fully saturated rings. The van der Waals surface area contributed by atoms with Crippen LogP contribution in [0.1, 0.15) is 67.3 Å². The first-order valence-corrected chi connectivity index (χ1v) is 10.2. The van der Waals surface area contributed by atoms with Crippen molar-refractivity contribution in [2.24, 2.45) is 0 Å². The van der Waals surface area contributed by atoms with Crippen molar-refractivity contribution in [2.45, 2.75) is 52.2 Å². The average molecular weight is 422 g/mol. The van der Waals surface area contributed by atoms with Crippen LogP contribution in [-0.4, -0.2) is 26.7 Å². The van der Waals surface area contributed by atoms with E-state index in [2.05, 4.69) is 6.08 Å².